The van der Waals surface area contributed by atoms with Crippen LogP contribution in [0.25, 0.3) is 0 Å². The van der Waals surface area contributed by atoms with Crippen molar-refractivity contribution in [3.63, 3.8) is 0 Å². The molecule has 3 fully saturated rings. The summed E-state index contributed by atoms with van der Waals surface area (Å²) in [7, 11) is 1.59. The third kappa shape index (κ3) is 4.20. The average molecular weight is 531 g/mol. The third-order valence-corrected chi connectivity index (χ3v) is 9.77. The molecule has 2 aliphatic heterocycles. The van der Waals surface area contributed by atoms with E-state index in [4.69, 9.17) is 18.9 Å². The van der Waals surface area contributed by atoms with Crippen LogP contribution >= 0.6 is 0 Å². The van der Waals surface area contributed by atoms with E-state index < -0.39 is 60.2 Å². The topological polar surface area (TPSA) is 115 Å². The van der Waals surface area contributed by atoms with Crippen molar-refractivity contribution in [1.82, 2.24) is 0 Å². The highest BCUT2D eigenvalue weighted by Crippen LogP contribution is 2.63. The zero-order valence-corrected chi connectivity index (χ0v) is 22.9. The molecule has 0 amide bonds. The van der Waals surface area contributed by atoms with Crippen LogP contribution in [0, 0.1) is 29.6 Å². The fourth-order valence-corrected chi connectivity index (χ4v) is 7.97. The molecule has 1 saturated heterocycles. The van der Waals surface area contributed by atoms with E-state index >= 15 is 0 Å². The molecule has 38 heavy (non-hydrogen) atoms. The van der Waals surface area contributed by atoms with E-state index in [0.29, 0.717) is 30.6 Å². The number of hydrogen-bond acceptors (Lipinski definition) is 8. The number of carbonyl (C=O) groups is 1. The highest BCUT2D eigenvalue weighted by atomic mass is 16.6. The minimum absolute atomic E-state index is 0.197. The molecule has 0 aromatic heterocycles. The molecule has 1 spiro atoms. The molecular formula is C30H42O8. The van der Waals surface area contributed by atoms with Crippen LogP contribution < -0.4 is 0 Å². The van der Waals surface area contributed by atoms with Gasteiger partial charge in [0.05, 0.1) is 23.9 Å². The summed E-state index contributed by atoms with van der Waals surface area (Å²) in [6, 6.07) is 0. The zero-order chi connectivity index (χ0) is 27.5. The molecule has 8 heteroatoms. The molecule has 8 nitrogen and oxygen atoms in total. The molecule has 5 rings (SSSR count). The summed E-state index contributed by atoms with van der Waals surface area (Å²) in [4.78, 5) is 13.0. The second-order valence-corrected chi connectivity index (χ2v) is 12.0. The molecule has 210 valence electrons. The summed E-state index contributed by atoms with van der Waals surface area (Å²) in [6.45, 7) is 11.7. The summed E-state index contributed by atoms with van der Waals surface area (Å²) in [5.41, 5.74) is 0.598. The number of allylic oxidation sites excluding steroid dienone is 3. The molecular weight excluding hydrogens is 488 g/mol. The SMILES string of the molecule is C=C1O[C@H]([C@@H](C)O)[C@H](C)/C=C(\C)[C@@]23O[C@H]4[C@H](OC(=O)C5=CC=CC5)[C@H](C)[C@@H](O)[C@@H]2[C@H]4[C@H](O)C[C@@H]3C[C@@H]1OC. The Morgan fingerprint density at radius 3 is 2.63 bits per heavy atom. The van der Waals surface area contributed by atoms with Gasteiger partial charge in [0.1, 0.15) is 30.2 Å². The first-order chi connectivity index (χ1) is 18.0. The van der Waals surface area contributed by atoms with Crippen LogP contribution in [-0.4, -0.2) is 76.7 Å². The molecule has 3 aliphatic carbocycles. The van der Waals surface area contributed by atoms with Crippen molar-refractivity contribution in [2.24, 2.45) is 29.6 Å². The van der Waals surface area contributed by atoms with Crippen molar-refractivity contribution in [3.05, 3.63) is 47.8 Å². The van der Waals surface area contributed by atoms with Gasteiger partial charge in [-0.15, -0.1) is 0 Å². The second kappa shape index (κ2) is 10.2. The fourth-order valence-electron chi connectivity index (χ4n) is 7.97. The third-order valence-electron chi connectivity index (χ3n) is 9.77. The molecule has 4 bridgehead atoms. The van der Waals surface area contributed by atoms with Gasteiger partial charge in [0.15, 0.2) is 0 Å². The van der Waals surface area contributed by atoms with E-state index in [2.05, 4.69) is 12.7 Å². The molecule has 3 N–H and O–H groups in total. The number of methoxy groups -OCH3 is 1. The highest BCUT2D eigenvalue weighted by Gasteiger charge is 2.72. The lowest BCUT2D eigenvalue weighted by Crippen LogP contribution is -2.62. The van der Waals surface area contributed by atoms with E-state index in [1.807, 2.05) is 32.9 Å². The average Bonchev–Trinajstić information content (AvgIpc) is 3.49. The van der Waals surface area contributed by atoms with Gasteiger partial charge in [-0.2, -0.15) is 0 Å². The first-order valence-corrected chi connectivity index (χ1v) is 13.9. The normalized spacial score (nSPS) is 48.3. The van der Waals surface area contributed by atoms with Gasteiger partial charge in [-0.1, -0.05) is 44.7 Å². The fraction of sp³-hybridized carbons (Fsp3) is 0.700. The van der Waals surface area contributed by atoms with E-state index in [1.165, 1.54) is 0 Å². The summed E-state index contributed by atoms with van der Waals surface area (Å²) >= 11 is 0. The molecule has 2 saturated carbocycles. The molecule has 0 unspecified atom stereocenters. The van der Waals surface area contributed by atoms with Crippen molar-refractivity contribution < 1.29 is 39.1 Å². The number of hydrogen-bond donors (Lipinski definition) is 3. The zero-order valence-electron chi connectivity index (χ0n) is 22.9. The Morgan fingerprint density at radius 2 is 2.00 bits per heavy atom. The summed E-state index contributed by atoms with van der Waals surface area (Å²) < 4.78 is 25.0. The van der Waals surface area contributed by atoms with Gasteiger partial charge in [0.25, 0.3) is 0 Å². The summed E-state index contributed by atoms with van der Waals surface area (Å²) in [5.74, 6) is -1.56. The van der Waals surface area contributed by atoms with Crippen molar-refractivity contribution in [2.75, 3.05) is 7.11 Å². The van der Waals surface area contributed by atoms with Crippen LogP contribution in [0.4, 0.5) is 0 Å². The molecule has 5 aliphatic rings. The van der Waals surface area contributed by atoms with E-state index in [-0.39, 0.29) is 23.7 Å². The van der Waals surface area contributed by atoms with Crippen molar-refractivity contribution in [1.29, 1.82) is 0 Å². The van der Waals surface area contributed by atoms with E-state index in [0.717, 1.165) is 5.57 Å². The Bertz CT molecular complexity index is 1040. The highest BCUT2D eigenvalue weighted by molar-refractivity contribution is 5.90. The smallest absolute Gasteiger partial charge is 0.334 e. The van der Waals surface area contributed by atoms with Gasteiger partial charge >= 0.3 is 5.97 Å². The van der Waals surface area contributed by atoms with Gasteiger partial charge in [0.2, 0.25) is 0 Å². The number of ether oxygens (including phenoxy) is 4. The number of aliphatic hydroxyl groups is 3. The lowest BCUT2D eigenvalue weighted by molar-refractivity contribution is -0.171. The predicted octanol–water partition coefficient (Wildman–Crippen LogP) is 2.83. The quantitative estimate of drug-likeness (QED) is 0.376. The van der Waals surface area contributed by atoms with Gasteiger partial charge in [-0.25, -0.2) is 4.79 Å². The Kier molecular flexibility index (Phi) is 7.41. The first-order valence-electron chi connectivity index (χ1n) is 13.9. The van der Waals surface area contributed by atoms with E-state index in [1.54, 1.807) is 20.1 Å². The maximum Gasteiger partial charge on any atom is 0.334 e. The van der Waals surface area contributed by atoms with Crippen LogP contribution in [0.1, 0.15) is 47.0 Å². The minimum Gasteiger partial charge on any atom is -0.489 e. The number of aliphatic hydroxyl groups excluding tert-OH is 3. The minimum atomic E-state index is -0.899. The Morgan fingerprint density at radius 1 is 1.26 bits per heavy atom. The lowest BCUT2D eigenvalue weighted by Gasteiger charge is -2.52. The summed E-state index contributed by atoms with van der Waals surface area (Å²) in [5, 5.41) is 33.8. The molecule has 13 atom stereocenters. The predicted molar refractivity (Wildman–Crippen MR) is 140 cm³/mol. The standard InChI is InChI=1S/C30H42O8/c1-14-11-15(2)30-20(13-22(35-6)18(5)36-26(14)17(4)31)12-21(32)23-24(30)25(33)16(3)27(28(23)38-30)37-29(34)19-9-7-8-10-19/h7-9,11,14,16-17,20-28,31-33H,5,10,12-13H2,1-4,6H3/b15-11+/t14-,16-,17-,20-,21-,22+,23-,24+,25-,26+,27-,28-,30+/m1/s1. The maximum absolute atomic E-state index is 13.0. The molecule has 0 aromatic rings. The lowest BCUT2D eigenvalue weighted by atomic mass is 9.54. The van der Waals surface area contributed by atoms with Crippen molar-refractivity contribution in [2.45, 2.75) is 95.3 Å². The van der Waals surface area contributed by atoms with Crippen LogP contribution in [-0.2, 0) is 23.7 Å². The molecule has 2 heterocycles. The van der Waals surface area contributed by atoms with Gasteiger partial charge in [0, 0.05) is 36.4 Å². The second-order valence-electron chi connectivity index (χ2n) is 12.0. The summed E-state index contributed by atoms with van der Waals surface area (Å²) in [6.07, 6.45) is 4.31. The van der Waals surface area contributed by atoms with Crippen LogP contribution in [0.3, 0.4) is 0 Å². The Labute approximate surface area is 225 Å². The monoisotopic (exact) mass is 530 g/mol. The van der Waals surface area contributed by atoms with Crippen LogP contribution in [0.2, 0.25) is 0 Å². The molecule has 0 radical (unpaired) electrons. The number of rotatable bonds is 4. The van der Waals surface area contributed by atoms with Crippen molar-refractivity contribution >= 4 is 5.97 Å². The Balaban J connectivity index is 1.58. The van der Waals surface area contributed by atoms with Gasteiger partial charge in [-0.3, -0.25) is 0 Å². The van der Waals surface area contributed by atoms with E-state index in [9.17, 15) is 20.1 Å². The van der Waals surface area contributed by atoms with Crippen LogP contribution in [0.15, 0.2) is 47.8 Å². The number of carbonyl (C=O) groups excluding carboxylic acids is 1. The van der Waals surface area contributed by atoms with Gasteiger partial charge < -0.3 is 34.3 Å². The largest absolute Gasteiger partial charge is 0.489 e. The maximum atomic E-state index is 13.0. The number of esters is 1. The van der Waals surface area contributed by atoms with Crippen LogP contribution in [0.5, 0.6) is 0 Å². The van der Waals surface area contributed by atoms with Gasteiger partial charge in [-0.05, 0) is 44.6 Å². The first kappa shape index (κ1) is 27.6. The Hall–Kier alpha value is -1.97. The van der Waals surface area contributed by atoms with Crippen molar-refractivity contribution in [3.8, 4) is 0 Å². The molecule has 0 aromatic carbocycles.